The van der Waals surface area contributed by atoms with Crippen LogP contribution in [0.15, 0.2) is 42.5 Å². The zero-order chi connectivity index (χ0) is 17.1. The minimum atomic E-state index is -0.349. The molecule has 1 aliphatic rings. The molecular weight excluding hydrogens is 309 g/mol. The summed E-state index contributed by atoms with van der Waals surface area (Å²) in [5, 5.41) is 10.9. The van der Waals surface area contributed by atoms with Crippen LogP contribution in [-0.2, 0) is 0 Å². The third kappa shape index (κ3) is 3.48. The summed E-state index contributed by atoms with van der Waals surface area (Å²) in [7, 11) is 0. The Morgan fingerprint density at radius 1 is 0.958 bits per heavy atom. The lowest BCUT2D eigenvalue weighted by atomic mass is 10.1. The van der Waals surface area contributed by atoms with Gasteiger partial charge in [0.25, 0.3) is 5.69 Å². The molecule has 1 aliphatic heterocycles. The summed E-state index contributed by atoms with van der Waals surface area (Å²) in [6.07, 6.45) is 0.980. The number of hydrogen-bond donors (Lipinski definition) is 0. The fourth-order valence-electron chi connectivity index (χ4n) is 3.13. The monoisotopic (exact) mass is 329 g/mol. The standard InChI is InChI=1S/C18H20FN3O2/c1-14-13-17(7-8-18(14)22(23)24)21-10-2-9-20(11-12-21)16-5-3-15(19)4-6-16/h3-8,13H,2,9-12H2,1H3. The van der Waals surface area contributed by atoms with Crippen LogP contribution in [0.2, 0.25) is 0 Å². The normalized spacial score (nSPS) is 15.2. The number of aryl methyl sites for hydroxylation is 1. The smallest absolute Gasteiger partial charge is 0.272 e. The molecule has 126 valence electrons. The fourth-order valence-corrected chi connectivity index (χ4v) is 3.13. The van der Waals surface area contributed by atoms with Gasteiger partial charge in [0, 0.05) is 49.2 Å². The predicted molar refractivity (Wildman–Crippen MR) is 93.3 cm³/mol. The van der Waals surface area contributed by atoms with E-state index in [1.54, 1.807) is 25.1 Å². The highest BCUT2D eigenvalue weighted by molar-refractivity contribution is 5.56. The van der Waals surface area contributed by atoms with Crippen LogP contribution in [0.5, 0.6) is 0 Å². The molecule has 1 heterocycles. The van der Waals surface area contributed by atoms with Crippen LogP contribution in [0.3, 0.4) is 0 Å². The van der Waals surface area contributed by atoms with E-state index in [2.05, 4.69) is 9.80 Å². The van der Waals surface area contributed by atoms with Crippen molar-refractivity contribution in [3.8, 4) is 0 Å². The first-order chi connectivity index (χ1) is 11.5. The first-order valence-electron chi connectivity index (χ1n) is 8.05. The molecule has 5 nitrogen and oxygen atoms in total. The SMILES string of the molecule is Cc1cc(N2CCCN(c3ccc(F)cc3)CC2)ccc1[N+](=O)[O-]. The molecule has 0 saturated carbocycles. The van der Waals surface area contributed by atoms with Crippen LogP contribution in [0.25, 0.3) is 0 Å². The predicted octanol–water partition coefficient (Wildman–Crippen LogP) is 3.76. The molecule has 2 aromatic rings. The van der Waals surface area contributed by atoms with Gasteiger partial charge in [-0.05, 0) is 49.7 Å². The molecule has 1 saturated heterocycles. The van der Waals surface area contributed by atoms with Gasteiger partial charge < -0.3 is 9.80 Å². The Labute approximate surface area is 140 Å². The largest absolute Gasteiger partial charge is 0.370 e. The Morgan fingerprint density at radius 3 is 2.12 bits per heavy atom. The van der Waals surface area contributed by atoms with E-state index in [9.17, 15) is 14.5 Å². The maximum Gasteiger partial charge on any atom is 0.272 e. The second-order valence-electron chi connectivity index (χ2n) is 6.03. The molecule has 3 rings (SSSR count). The summed E-state index contributed by atoms with van der Waals surface area (Å²) < 4.78 is 13.1. The number of halogens is 1. The number of benzene rings is 2. The quantitative estimate of drug-likeness (QED) is 0.635. The average Bonchev–Trinajstić information content (AvgIpc) is 2.81. The topological polar surface area (TPSA) is 49.6 Å². The lowest BCUT2D eigenvalue weighted by Gasteiger charge is -2.25. The summed E-state index contributed by atoms with van der Waals surface area (Å²) in [6.45, 7) is 5.24. The highest BCUT2D eigenvalue weighted by atomic mass is 19.1. The summed E-state index contributed by atoms with van der Waals surface area (Å²) >= 11 is 0. The van der Waals surface area contributed by atoms with E-state index < -0.39 is 0 Å². The second kappa shape index (κ2) is 6.86. The van der Waals surface area contributed by atoms with Crippen LogP contribution in [0.4, 0.5) is 21.5 Å². The van der Waals surface area contributed by atoms with Gasteiger partial charge in [-0.3, -0.25) is 10.1 Å². The summed E-state index contributed by atoms with van der Waals surface area (Å²) in [5.74, 6) is -0.225. The maximum absolute atomic E-state index is 13.1. The van der Waals surface area contributed by atoms with Gasteiger partial charge in [-0.1, -0.05) is 0 Å². The van der Waals surface area contributed by atoms with Gasteiger partial charge in [-0.25, -0.2) is 4.39 Å². The molecule has 0 N–H and O–H groups in total. The summed E-state index contributed by atoms with van der Waals surface area (Å²) in [4.78, 5) is 15.1. The Morgan fingerprint density at radius 2 is 1.54 bits per heavy atom. The molecule has 6 heteroatoms. The van der Waals surface area contributed by atoms with Crippen molar-refractivity contribution in [1.29, 1.82) is 0 Å². The van der Waals surface area contributed by atoms with Gasteiger partial charge in [-0.15, -0.1) is 0 Å². The van der Waals surface area contributed by atoms with E-state index in [0.717, 1.165) is 44.0 Å². The molecular formula is C18H20FN3O2. The Hall–Kier alpha value is -2.63. The van der Waals surface area contributed by atoms with E-state index >= 15 is 0 Å². The van der Waals surface area contributed by atoms with Crippen molar-refractivity contribution >= 4 is 17.1 Å². The number of hydrogen-bond acceptors (Lipinski definition) is 4. The maximum atomic E-state index is 13.1. The van der Waals surface area contributed by atoms with Crippen molar-refractivity contribution in [3.05, 3.63) is 64.0 Å². The van der Waals surface area contributed by atoms with E-state index in [-0.39, 0.29) is 16.4 Å². The molecule has 0 bridgehead atoms. The molecule has 0 amide bonds. The third-order valence-electron chi connectivity index (χ3n) is 4.43. The van der Waals surface area contributed by atoms with Crippen LogP contribution in [0.1, 0.15) is 12.0 Å². The second-order valence-corrected chi connectivity index (χ2v) is 6.03. The minimum absolute atomic E-state index is 0.154. The van der Waals surface area contributed by atoms with Crippen LogP contribution in [-0.4, -0.2) is 31.1 Å². The highest BCUT2D eigenvalue weighted by Crippen LogP contribution is 2.26. The molecule has 0 unspecified atom stereocenters. The van der Waals surface area contributed by atoms with Gasteiger partial charge in [0.15, 0.2) is 0 Å². The third-order valence-corrected chi connectivity index (χ3v) is 4.43. The van der Waals surface area contributed by atoms with Gasteiger partial charge in [0.05, 0.1) is 4.92 Å². The van der Waals surface area contributed by atoms with Crippen molar-refractivity contribution in [1.82, 2.24) is 0 Å². The van der Waals surface area contributed by atoms with Crippen LogP contribution in [0, 0.1) is 22.9 Å². The van der Waals surface area contributed by atoms with E-state index in [4.69, 9.17) is 0 Å². The Bertz CT molecular complexity index is 734. The summed E-state index contributed by atoms with van der Waals surface area (Å²) in [5.41, 5.74) is 2.87. The van der Waals surface area contributed by atoms with Crippen LogP contribution < -0.4 is 9.80 Å². The highest BCUT2D eigenvalue weighted by Gasteiger charge is 2.18. The lowest BCUT2D eigenvalue weighted by Crippen LogP contribution is -2.30. The van der Waals surface area contributed by atoms with E-state index in [1.807, 2.05) is 12.1 Å². The number of nitro benzene ring substituents is 1. The molecule has 0 aromatic heterocycles. The van der Waals surface area contributed by atoms with E-state index in [0.29, 0.717) is 5.56 Å². The fraction of sp³-hybridized carbons (Fsp3) is 0.333. The molecule has 0 radical (unpaired) electrons. The Balaban J connectivity index is 1.72. The molecule has 24 heavy (non-hydrogen) atoms. The zero-order valence-corrected chi connectivity index (χ0v) is 13.6. The number of nitro groups is 1. The van der Waals surface area contributed by atoms with Gasteiger partial charge in [0.2, 0.25) is 0 Å². The van der Waals surface area contributed by atoms with Gasteiger partial charge >= 0.3 is 0 Å². The van der Waals surface area contributed by atoms with Crippen molar-refractivity contribution in [2.45, 2.75) is 13.3 Å². The lowest BCUT2D eigenvalue weighted by molar-refractivity contribution is -0.385. The van der Waals surface area contributed by atoms with Gasteiger partial charge in [0.1, 0.15) is 5.82 Å². The Kier molecular flexibility index (Phi) is 4.64. The van der Waals surface area contributed by atoms with Gasteiger partial charge in [-0.2, -0.15) is 0 Å². The minimum Gasteiger partial charge on any atom is -0.370 e. The number of nitrogens with zero attached hydrogens (tertiary/aromatic N) is 3. The number of rotatable bonds is 3. The first-order valence-corrected chi connectivity index (χ1v) is 8.05. The zero-order valence-electron chi connectivity index (χ0n) is 13.6. The van der Waals surface area contributed by atoms with E-state index in [1.165, 1.54) is 12.1 Å². The van der Waals surface area contributed by atoms with Crippen molar-refractivity contribution < 1.29 is 9.31 Å². The van der Waals surface area contributed by atoms with Crippen molar-refractivity contribution in [2.24, 2.45) is 0 Å². The average molecular weight is 329 g/mol. The summed E-state index contributed by atoms with van der Waals surface area (Å²) in [6, 6.07) is 11.9. The van der Waals surface area contributed by atoms with Crippen molar-refractivity contribution in [2.75, 3.05) is 36.0 Å². The van der Waals surface area contributed by atoms with Crippen molar-refractivity contribution in [3.63, 3.8) is 0 Å². The number of anilines is 2. The first kappa shape index (κ1) is 16.2. The molecule has 0 spiro atoms. The van der Waals surface area contributed by atoms with Crippen LogP contribution >= 0.6 is 0 Å². The molecule has 2 aromatic carbocycles. The molecule has 0 aliphatic carbocycles. The molecule has 1 fully saturated rings. The molecule has 0 atom stereocenters.